The number of carbonyl (C=O) groups is 3. The second-order valence-electron chi connectivity index (χ2n) is 9.37. The number of rotatable bonds is 6. The monoisotopic (exact) mass is 526 g/mol. The van der Waals surface area contributed by atoms with Crippen LogP contribution in [0.3, 0.4) is 0 Å². The predicted molar refractivity (Wildman–Crippen MR) is 138 cm³/mol. The summed E-state index contributed by atoms with van der Waals surface area (Å²) in [7, 11) is -3.74. The molecule has 5 rings (SSSR count). The normalized spacial score (nSPS) is 19.4. The van der Waals surface area contributed by atoms with E-state index < -0.39 is 15.9 Å². The summed E-state index contributed by atoms with van der Waals surface area (Å²) in [5, 5.41) is 2.91. The zero-order chi connectivity index (χ0) is 26.0. The molecule has 2 aromatic rings. The molecule has 0 spiro atoms. The van der Waals surface area contributed by atoms with Gasteiger partial charge in [0.1, 0.15) is 0 Å². The number of ether oxygens (including phenoxy) is 1. The lowest BCUT2D eigenvalue weighted by molar-refractivity contribution is -0.121. The minimum atomic E-state index is -3.74. The van der Waals surface area contributed by atoms with Crippen LogP contribution >= 0.6 is 0 Å². The molecule has 3 fully saturated rings. The summed E-state index contributed by atoms with van der Waals surface area (Å²) in [4.78, 5) is 40.7. The molecule has 10 nitrogen and oxygen atoms in total. The Kier molecular flexibility index (Phi) is 7.27. The molecule has 37 heavy (non-hydrogen) atoms. The SMILES string of the molecule is O=C(Nc1cc(S(=O)(=O)N2CCOCC2)ccc1N1CCCCC1)c1ccc(N2C(=O)CCC2=O)cc1. The Labute approximate surface area is 216 Å². The van der Waals surface area contributed by atoms with Crippen molar-refractivity contribution in [1.82, 2.24) is 4.31 Å². The highest BCUT2D eigenvalue weighted by Gasteiger charge is 2.31. The van der Waals surface area contributed by atoms with E-state index >= 15 is 0 Å². The second-order valence-corrected chi connectivity index (χ2v) is 11.3. The quantitative estimate of drug-likeness (QED) is 0.575. The fourth-order valence-electron chi connectivity index (χ4n) is 4.94. The summed E-state index contributed by atoms with van der Waals surface area (Å²) in [6.07, 6.45) is 3.55. The van der Waals surface area contributed by atoms with Gasteiger partial charge in [0, 0.05) is 44.6 Å². The lowest BCUT2D eigenvalue weighted by atomic mass is 10.1. The van der Waals surface area contributed by atoms with Gasteiger partial charge in [0.15, 0.2) is 0 Å². The van der Waals surface area contributed by atoms with Crippen molar-refractivity contribution in [3.63, 3.8) is 0 Å². The number of amides is 3. The second kappa shape index (κ2) is 10.6. The van der Waals surface area contributed by atoms with Crippen LogP contribution in [0, 0.1) is 0 Å². The number of carbonyl (C=O) groups excluding carboxylic acids is 3. The fraction of sp³-hybridized carbons (Fsp3) is 0.423. The first kappa shape index (κ1) is 25.4. The first-order chi connectivity index (χ1) is 17.8. The number of imide groups is 1. The molecule has 0 bridgehead atoms. The molecule has 11 heteroatoms. The minimum absolute atomic E-state index is 0.117. The summed E-state index contributed by atoms with van der Waals surface area (Å²) in [5.74, 6) is -0.928. The maximum atomic E-state index is 13.3. The van der Waals surface area contributed by atoms with Crippen molar-refractivity contribution >= 4 is 44.8 Å². The topological polar surface area (TPSA) is 116 Å². The molecule has 0 atom stereocenters. The Hall–Kier alpha value is -3.28. The number of morpholine rings is 1. The van der Waals surface area contributed by atoms with E-state index in [0.29, 0.717) is 30.2 Å². The molecule has 0 saturated carbocycles. The van der Waals surface area contributed by atoms with Crippen molar-refractivity contribution in [3.8, 4) is 0 Å². The van der Waals surface area contributed by atoms with E-state index in [0.717, 1.165) is 42.9 Å². The molecule has 0 aliphatic carbocycles. The van der Waals surface area contributed by atoms with Gasteiger partial charge in [-0.2, -0.15) is 4.31 Å². The molecule has 0 radical (unpaired) electrons. The third-order valence-electron chi connectivity index (χ3n) is 6.96. The largest absolute Gasteiger partial charge is 0.379 e. The average molecular weight is 527 g/mol. The van der Waals surface area contributed by atoms with Crippen LogP contribution in [0.2, 0.25) is 0 Å². The maximum Gasteiger partial charge on any atom is 0.255 e. The van der Waals surface area contributed by atoms with Gasteiger partial charge in [-0.3, -0.25) is 19.3 Å². The predicted octanol–water partition coefficient (Wildman–Crippen LogP) is 2.60. The highest BCUT2D eigenvalue weighted by molar-refractivity contribution is 7.89. The molecular formula is C26H30N4O6S. The Morgan fingerprint density at radius 1 is 0.838 bits per heavy atom. The van der Waals surface area contributed by atoms with Gasteiger partial charge in [0.2, 0.25) is 21.8 Å². The Morgan fingerprint density at radius 3 is 2.14 bits per heavy atom. The number of nitrogens with zero attached hydrogens (tertiary/aromatic N) is 3. The maximum absolute atomic E-state index is 13.3. The number of hydrogen-bond donors (Lipinski definition) is 1. The van der Waals surface area contributed by atoms with Crippen LogP contribution in [0.1, 0.15) is 42.5 Å². The molecule has 0 unspecified atom stereocenters. The van der Waals surface area contributed by atoms with Gasteiger partial charge < -0.3 is 15.0 Å². The standard InChI is InChI=1S/C26H30N4O6S/c31-24-10-11-25(32)30(24)20-6-4-19(5-7-20)26(33)27-22-18-21(37(34,35)29-14-16-36-17-15-29)8-9-23(22)28-12-2-1-3-13-28/h4-9,18H,1-3,10-17H2,(H,27,33). The smallest absolute Gasteiger partial charge is 0.255 e. The van der Waals surface area contributed by atoms with Crippen LogP contribution in [0.25, 0.3) is 0 Å². The highest BCUT2D eigenvalue weighted by atomic mass is 32.2. The van der Waals surface area contributed by atoms with Crippen molar-refractivity contribution in [2.24, 2.45) is 0 Å². The summed E-state index contributed by atoms with van der Waals surface area (Å²) in [5.41, 5.74) is 1.96. The highest BCUT2D eigenvalue weighted by Crippen LogP contribution is 2.33. The third-order valence-corrected chi connectivity index (χ3v) is 8.85. The molecule has 3 aliphatic heterocycles. The molecule has 3 amide bonds. The number of benzene rings is 2. The minimum Gasteiger partial charge on any atom is -0.379 e. The van der Waals surface area contributed by atoms with Crippen LogP contribution in [-0.2, 0) is 24.3 Å². The van der Waals surface area contributed by atoms with E-state index in [2.05, 4.69) is 10.2 Å². The summed E-state index contributed by atoms with van der Waals surface area (Å²) in [6, 6.07) is 11.1. The third kappa shape index (κ3) is 5.25. The average Bonchev–Trinajstić information content (AvgIpc) is 3.27. The van der Waals surface area contributed by atoms with Gasteiger partial charge in [0.25, 0.3) is 5.91 Å². The molecule has 3 aliphatic rings. The molecule has 3 heterocycles. The molecular weight excluding hydrogens is 496 g/mol. The van der Waals surface area contributed by atoms with Gasteiger partial charge in [0.05, 0.1) is 35.2 Å². The molecule has 2 aromatic carbocycles. The summed E-state index contributed by atoms with van der Waals surface area (Å²) in [6.45, 7) is 2.91. The van der Waals surface area contributed by atoms with E-state index in [1.165, 1.54) is 10.4 Å². The number of sulfonamides is 1. The zero-order valence-electron chi connectivity index (χ0n) is 20.5. The van der Waals surface area contributed by atoms with Gasteiger partial charge in [-0.05, 0) is 61.7 Å². The Morgan fingerprint density at radius 2 is 1.49 bits per heavy atom. The van der Waals surface area contributed by atoms with E-state index in [4.69, 9.17) is 4.74 Å². The number of hydrogen-bond acceptors (Lipinski definition) is 7. The lowest BCUT2D eigenvalue weighted by Gasteiger charge is -2.31. The van der Waals surface area contributed by atoms with Crippen LogP contribution in [0.4, 0.5) is 17.1 Å². The van der Waals surface area contributed by atoms with Crippen molar-refractivity contribution in [1.29, 1.82) is 0 Å². The van der Waals surface area contributed by atoms with E-state index in [1.807, 2.05) is 0 Å². The molecule has 0 aromatic heterocycles. The zero-order valence-corrected chi connectivity index (χ0v) is 21.3. The number of nitrogens with one attached hydrogen (secondary N) is 1. The van der Waals surface area contributed by atoms with Crippen LogP contribution in [0.15, 0.2) is 47.4 Å². The van der Waals surface area contributed by atoms with Crippen molar-refractivity contribution in [2.45, 2.75) is 37.0 Å². The first-order valence-electron chi connectivity index (χ1n) is 12.6. The van der Waals surface area contributed by atoms with E-state index in [9.17, 15) is 22.8 Å². The molecule has 196 valence electrons. The Bertz CT molecular complexity index is 1280. The summed E-state index contributed by atoms with van der Waals surface area (Å²) >= 11 is 0. The van der Waals surface area contributed by atoms with E-state index in [1.54, 1.807) is 36.4 Å². The fourth-order valence-corrected chi connectivity index (χ4v) is 6.38. The Balaban J connectivity index is 1.42. The summed E-state index contributed by atoms with van der Waals surface area (Å²) < 4.78 is 33.3. The van der Waals surface area contributed by atoms with Crippen LogP contribution in [0.5, 0.6) is 0 Å². The molecule has 3 saturated heterocycles. The van der Waals surface area contributed by atoms with Crippen LogP contribution in [-0.4, -0.2) is 69.8 Å². The number of anilines is 3. The van der Waals surface area contributed by atoms with Crippen molar-refractivity contribution in [3.05, 3.63) is 48.0 Å². The lowest BCUT2D eigenvalue weighted by Crippen LogP contribution is -2.40. The first-order valence-corrected chi connectivity index (χ1v) is 14.0. The van der Waals surface area contributed by atoms with Gasteiger partial charge in [-0.15, -0.1) is 0 Å². The van der Waals surface area contributed by atoms with Crippen LogP contribution < -0.4 is 15.1 Å². The van der Waals surface area contributed by atoms with Gasteiger partial charge in [-0.25, -0.2) is 8.42 Å². The number of piperidine rings is 1. The molecule has 1 N–H and O–H groups in total. The van der Waals surface area contributed by atoms with E-state index in [-0.39, 0.29) is 42.6 Å². The van der Waals surface area contributed by atoms with Gasteiger partial charge >= 0.3 is 0 Å². The van der Waals surface area contributed by atoms with Gasteiger partial charge in [-0.1, -0.05) is 0 Å². The van der Waals surface area contributed by atoms with Crippen molar-refractivity contribution < 1.29 is 27.5 Å². The van der Waals surface area contributed by atoms with Crippen molar-refractivity contribution in [2.75, 3.05) is 54.5 Å².